The van der Waals surface area contributed by atoms with E-state index < -0.39 is 0 Å². The summed E-state index contributed by atoms with van der Waals surface area (Å²) in [6.45, 7) is 7.56. The smallest absolute Gasteiger partial charge is 0.239 e. The van der Waals surface area contributed by atoms with Crippen LogP contribution in [0.1, 0.15) is 38.3 Å². The van der Waals surface area contributed by atoms with Crippen LogP contribution in [0.2, 0.25) is 10.0 Å². The Balaban J connectivity index is 1.38. The fourth-order valence-electron chi connectivity index (χ4n) is 5.15. The maximum Gasteiger partial charge on any atom is 0.239 e. The average Bonchev–Trinajstić information content (AvgIpc) is 3.48. The summed E-state index contributed by atoms with van der Waals surface area (Å²) in [5.41, 5.74) is 4.17. The van der Waals surface area contributed by atoms with Crippen molar-refractivity contribution >= 4 is 45.8 Å². The third-order valence-electron chi connectivity index (χ3n) is 7.02. The van der Waals surface area contributed by atoms with Gasteiger partial charge in [0.25, 0.3) is 0 Å². The third kappa shape index (κ3) is 4.32. The van der Waals surface area contributed by atoms with Crippen LogP contribution in [0, 0.1) is 0 Å². The van der Waals surface area contributed by atoms with Gasteiger partial charge in [-0.15, -0.1) is 0 Å². The Morgan fingerprint density at radius 1 is 1.18 bits per heavy atom. The van der Waals surface area contributed by atoms with E-state index in [1.807, 2.05) is 23.4 Å². The van der Waals surface area contributed by atoms with Crippen molar-refractivity contribution in [2.45, 2.75) is 44.8 Å². The number of hydrogen-bond acceptors (Lipinski definition) is 4. The van der Waals surface area contributed by atoms with E-state index in [0.29, 0.717) is 10.0 Å². The molecule has 1 N–H and O–H groups in total. The van der Waals surface area contributed by atoms with Crippen molar-refractivity contribution < 1.29 is 4.79 Å². The predicted octanol–water partition coefficient (Wildman–Crippen LogP) is 4.74. The molecule has 2 aliphatic heterocycles. The van der Waals surface area contributed by atoms with Gasteiger partial charge in [-0.05, 0) is 69.1 Å². The van der Waals surface area contributed by atoms with Gasteiger partial charge in [-0.1, -0.05) is 29.3 Å². The maximum atomic E-state index is 12.8. The van der Waals surface area contributed by atoms with Crippen LogP contribution in [0.5, 0.6) is 0 Å². The van der Waals surface area contributed by atoms with Crippen LogP contribution in [0.15, 0.2) is 42.7 Å². The molecule has 2 unspecified atom stereocenters. The Morgan fingerprint density at radius 3 is 2.76 bits per heavy atom. The topological polar surface area (TPSA) is 53.4 Å². The summed E-state index contributed by atoms with van der Waals surface area (Å²) in [5.74, 6) is 0.251. The summed E-state index contributed by atoms with van der Waals surface area (Å²) in [4.78, 5) is 21.9. The van der Waals surface area contributed by atoms with Gasteiger partial charge in [0.05, 0.1) is 29.4 Å². The van der Waals surface area contributed by atoms with Gasteiger partial charge in [0.15, 0.2) is 0 Å². The SMILES string of the molecule is CC1CN(C(=O)[C@H]2CCCN2)CCN1c1ccc2ncn(C(C)c3ccc(Cl)cc3Cl)c2c1. The molecule has 174 valence electrons. The predicted molar refractivity (Wildman–Crippen MR) is 134 cm³/mol. The first-order chi connectivity index (χ1) is 15.9. The zero-order chi connectivity index (χ0) is 23.1. The van der Waals surface area contributed by atoms with Crippen molar-refractivity contribution in [3.63, 3.8) is 0 Å². The molecular formula is C25H29Cl2N5O. The second kappa shape index (κ2) is 9.16. The van der Waals surface area contributed by atoms with Crippen LogP contribution >= 0.6 is 23.2 Å². The van der Waals surface area contributed by atoms with Crippen LogP contribution in [0.25, 0.3) is 11.0 Å². The van der Waals surface area contributed by atoms with E-state index in [9.17, 15) is 4.79 Å². The highest BCUT2D eigenvalue weighted by Gasteiger charge is 2.32. The summed E-state index contributed by atoms with van der Waals surface area (Å²) in [6.07, 6.45) is 3.90. The largest absolute Gasteiger partial charge is 0.365 e. The molecule has 1 amide bonds. The molecule has 3 heterocycles. The number of piperazine rings is 1. The van der Waals surface area contributed by atoms with Crippen molar-refractivity contribution in [1.29, 1.82) is 0 Å². The Kier molecular flexibility index (Phi) is 6.25. The maximum absolute atomic E-state index is 12.8. The van der Waals surface area contributed by atoms with Gasteiger partial charge in [0.1, 0.15) is 0 Å². The van der Waals surface area contributed by atoms with E-state index >= 15 is 0 Å². The van der Waals surface area contributed by atoms with Crippen molar-refractivity contribution in [1.82, 2.24) is 19.8 Å². The zero-order valence-electron chi connectivity index (χ0n) is 19.0. The monoisotopic (exact) mass is 485 g/mol. The number of nitrogens with zero attached hydrogens (tertiary/aromatic N) is 4. The van der Waals surface area contributed by atoms with Gasteiger partial charge in [-0.2, -0.15) is 0 Å². The van der Waals surface area contributed by atoms with Gasteiger partial charge < -0.3 is 19.7 Å². The van der Waals surface area contributed by atoms with Crippen LogP contribution in [-0.4, -0.2) is 58.6 Å². The summed E-state index contributed by atoms with van der Waals surface area (Å²) < 4.78 is 2.16. The van der Waals surface area contributed by atoms with Crippen LogP contribution < -0.4 is 10.2 Å². The molecule has 2 fully saturated rings. The van der Waals surface area contributed by atoms with E-state index in [1.165, 1.54) is 0 Å². The average molecular weight is 486 g/mol. The molecule has 3 aromatic rings. The number of aromatic nitrogens is 2. The molecule has 2 aliphatic rings. The van der Waals surface area contributed by atoms with E-state index in [-0.39, 0.29) is 24.0 Å². The highest BCUT2D eigenvalue weighted by Crippen LogP contribution is 2.32. The van der Waals surface area contributed by atoms with E-state index in [4.69, 9.17) is 23.2 Å². The number of halogens is 2. The van der Waals surface area contributed by atoms with Crippen molar-refractivity contribution in [2.24, 2.45) is 0 Å². The number of hydrogen-bond donors (Lipinski definition) is 1. The quantitative estimate of drug-likeness (QED) is 0.579. The minimum Gasteiger partial charge on any atom is -0.365 e. The molecule has 2 aromatic carbocycles. The number of benzene rings is 2. The Bertz CT molecular complexity index is 1170. The molecule has 2 saturated heterocycles. The minimum absolute atomic E-state index is 0.00405. The molecular weight excluding hydrogens is 457 g/mol. The number of imidazole rings is 1. The third-order valence-corrected chi connectivity index (χ3v) is 7.58. The molecule has 3 atom stereocenters. The summed E-state index contributed by atoms with van der Waals surface area (Å²) in [5, 5.41) is 4.62. The lowest BCUT2D eigenvalue weighted by molar-refractivity contribution is -0.133. The number of nitrogens with one attached hydrogen (secondary N) is 1. The van der Waals surface area contributed by atoms with Crippen molar-refractivity contribution in [3.8, 4) is 0 Å². The lowest BCUT2D eigenvalue weighted by atomic mass is 10.1. The number of amides is 1. The van der Waals surface area contributed by atoms with Gasteiger partial charge in [0.2, 0.25) is 5.91 Å². The van der Waals surface area contributed by atoms with Crippen LogP contribution in [-0.2, 0) is 4.79 Å². The minimum atomic E-state index is -0.00405. The van der Waals surface area contributed by atoms with Gasteiger partial charge in [-0.3, -0.25) is 4.79 Å². The summed E-state index contributed by atoms with van der Waals surface area (Å²) in [7, 11) is 0. The Labute approximate surface area is 204 Å². The fourth-order valence-corrected chi connectivity index (χ4v) is 5.72. The zero-order valence-corrected chi connectivity index (χ0v) is 20.5. The molecule has 0 bridgehead atoms. The van der Waals surface area contributed by atoms with Gasteiger partial charge in [-0.25, -0.2) is 4.98 Å². The molecule has 0 aliphatic carbocycles. The standard InChI is InChI=1S/C25H29Cl2N5O/c1-16-14-30(25(33)23-4-3-9-28-23)10-11-31(16)19-6-8-22-24(13-19)32(15-29-22)17(2)20-7-5-18(26)12-21(20)27/h5-8,12-13,15-17,23,28H,3-4,9-11,14H2,1-2H3/t16?,17?,23-/m1/s1. The molecule has 0 radical (unpaired) electrons. The van der Waals surface area contributed by atoms with Crippen molar-refractivity contribution in [3.05, 3.63) is 58.3 Å². The lowest BCUT2D eigenvalue weighted by Crippen LogP contribution is -2.56. The molecule has 1 aromatic heterocycles. The molecule has 8 heteroatoms. The van der Waals surface area contributed by atoms with E-state index in [2.05, 4.69) is 51.8 Å². The van der Waals surface area contributed by atoms with E-state index in [0.717, 1.165) is 61.3 Å². The summed E-state index contributed by atoms with van der Waals surface area (Å²) >= 11 is 12.6. The number of anilines is 1. The first kappa shape index (κ1) is 22.5. The fraction of sp³-hybridized carbons (Fsp3) is 0.440. The number of carbonyl (C=O) groups excluding carboxylic acids is 1. The Morgan fingerprint density at radius 2 is 2.03 bits per heavy atom. The van der Waals surface area contributed by atoms with Crippen LogP contribution in [0.3, 0.4) is 0 Å². The second-order valence-corrected chi connectivity index (χ2v) is 9.99. The normalized spacial score (nSPS) is 22.2. The molecule has 6 nitrogen and oxygen atoms in total. The molecule has 33 heavy (non-hydrogen) atoms. The van der Waals surface area contributed by atoms with Crippen molar-refractivity contribution in [2.75, 3.05) is 31.1 Å². The highest BCUT2D eigenvalue weighted by atomic mass is 35.5. The van der Waals surface area contributed by atoms with Gasteiger partial charge >= 0.3 is 0 Å². The second-order valence-electron chi connectivity index (χ2n) is 9.14. The van der Waals surface area contributed by atoms with E-state index in [1.54, 1.807) is 6.07 Å². The van der Waals surface area contributed by atoms with Gasteiger partial charge in [0, 0.05) is 41.4 Å². The lowest BCUT2D eigenvalue weighted by Gasteiger charge is -2.42. The number of rotatable bonds is 4. The van der Waals surface area contributed by atoms with Crippen LogP contribution in [0.4, 0.5) is 5.69 Å². The number of fused-ring (bicyclic) bond motifs is 1. The molecule has 0 saturated carbocycles. The molecule has 5 rings (SSSR count). The number of carbonyl (C=O) groups is 1. The first-order valence-corrected chi connectivity index (χ1v) is 12.4. The molecule has 0 spiro atoms. The first-order valence-electron chi connectivity index (χ1n) is 11.6. The highest BCUT2D eigenvalue weighted by molar-refractivity contribution is 6.35. The Hall–Kier alpha value is -2.28. The summed E-state index contributed by atoms with van der Waals surface area (Å²) in [6, 6.07) is 12.3.